The monoisotopic (exact) mass is 221 g/mol. The van der Waals surface area contributed by atoms with E-state index in [1.54, 1.807) is 7.05 Å². The van der Waals surface area contributed by atoms with Crippen molar-refractivity contribution in [3.8, 4) is 5.75 Å². The van der Waals surface area contributed by atoms with Gasteiger partial charge < -0.3 is 4.74 Å². The first-order valence-corrected chi connectivity index (χ1v) is 5.08. The summed E-state index contributed by atoms with van der Waals surface area (Å²) in [7, 11) is 3.13. The van der Waals surface area contributed by atoms with Crippen LogP contribution in [0.1, 0.15) is 18.1 Å². The number of methoxy groups -OCH3 is 1. The molecule has 2 nitrogen and oxygen atoms in total. The minimum atomic E-state index is -0.358. The summed E-state index contributed by atoms with van der Waals surface area (Å²) in [6.45, 7) is 3.73. The van der Waals surface area contributed by atoms with Gasteiger partial charge in [-0.3, -0.25) is 4.99 Å². The van der Waals surface area contributed by atoms with Gasteiger partial charge in [0.15, 0.2) is 11.6 Å². The van der Waals surface area contributed by atoms with Crippen LogP contribution in [-0.2, 0) is 0 Å². The molecule has 0 saturated carbocycles. The van der Waals surface area contributed by atoms with Gasteiger partial charge in [-0.2, -0.15) is 0 Å². The average molecular weight is 221 g/mol. The second-order valence-corrected chi connectivity index (χ2v) is 3.44. The number of halogens is 1. The molecule has 0 aliphatic carbocycles. The van der Waals surface area contributed by atoms with E-state index >= 15 is 0 Å². The predicted octanol–water partition coefficient (Wildman–Crippen LogP) is 3.14. The molecule has 0 bridgehead atoms. The van der Waals surface area contributed by atoms with Crippen molar-refractivity contribution in [2.24, 2.45) is 4.99 Å². The lowest BCUT2D eigenvalue weighted by Crippen LogP contribution is -2.03. The van der Waals surface area contributed by atoms with Crippen LogP contribution in [0, 0.1) is 12.7 Å². The fraction of sp³-hybridized carbons (Fsp3) is 0.308. The first-order valence-electron chi connectivity index (χ1n) is 5.08. The Morgan fingerprint density at radius 1 is 1.44 bits per heavy atom. The molecule has 0 fully saturated rings. The lowest BCUT2D eigenvalue weighted by atomic mass is 10.0. The van der Waals surface area contributed by atoms with Gasteiger partial charge in [0, 0.05) is 12.6 Å². The first kappa shape index (κ1) is 12.4. The Labute approximate surface area is 95.5 Å². The molecule has 86 valence electrons. The standard InChI is InChI=1S/C13H16FNO/c1-5-6-12(15-3)10-7-9(2)8-11(14)13(10)16-4/h5-8H,1-4H3/b6-5-,15-12?. The van der Waals surface area contributed by atoms with Gasteiger partial charge in [-0.1, -0.05) is 6.08 Å². The Hall–Kier alpha value is -1.64. The average Bonchev–Trinajstić information content (AvgIpc) is 2.25. The number of aliphatic imine (C=N–C) groups is 1. The van der Waals surface area contributed by atoms with Crippen LogP contribution in [0.4, 0.5) is 4.39 Å². The van der Waals surface area contributed by atoms with E-state index in [4.69, 9.17) is 4.74 Å². The molecule has 0 aliphatic rings. The molecule has 0 spiro atoms. The summed E-state index contributed by atoms with van der Waals surface area (Å²) >= 11 is 0. The molecule has 0 saturated heterocycles. The maximum Gasteiger partial charge on any atom is 0.166 e. The molecule has 0 unspecified atom stereocenters. The van der Waals surface area contributed by atoms with Crippen LogP contribution in [0.5, 0.6) is 5.75 Å². The second-order valence-electron chi connectivity index (χ2n) is 3.44. The van der Waals surface area contributed by atoms with Crippen molar-refractivity contribution >= 4 is 5.71 Å². The second kappa shape index (κ2) is 5.45. The lowest BCUT2D eigenvalue weighted by Gasteiger charge is -2.10. The number of hydrogen-bond acceptors (Lipinski definition) is 2. The summed E-state index contributed by atoms with van der Waals surface area (Å²) in [5.41, 5.74) is 2.24. The molecule has 1 aromatic carbocycles. The van der Waals surface area contributed by atoms with Crippen molar-refractivity contribution in [1.82, 2.24) is 0 Å². The van der Waals surface area contributed by atoms with Crippen LogP contribution in [0.25, 0.3) is 0 Å². The van der Waals surface area contributed by atoms with Crippen LogP contribution in [-0.4, -0.2) is 19.9 Å². The fourth-order valence-corrected chi connectivity index (χ4v) is 1.57. The van der Waals surface area contributed by atoms with Crippen LogP contribution in [0.3, 0.4) is 0 Å². The molecule has 3 heteroatoms. The molecule has 0 amide bonds. The zero-order valence-electron chi connectivity index (χ0n) is 10.0. The van der Waals surface area contributed by atoms with Gasteiger partial charge in [-0.15, -0.1) is 0 Å². The van der Waals surface area contributed by atoms with Crippen molar-refractivity contribution in [3.05, 3.63) is 41.2 Å². The fourth-order valence-electron chi connectivity index (χ4n) is 1.57. The number of allylic oxidation sites excluding steroid dienone is 2. The van der Waals surface area contributed by atoms with Gasteiger partial charge in [0.25, 0.3) is 0 Å². The van der Waals surface area contributed by atoms with E-state index in [0.717, 1.165) is 5.56 Å². The zero-order chi connectivity index (χ0) is 12.1. The summed E-state index contributed by atoms with van der Waals surface area (Å²) in [5.74, 6) is -0.118. The van der Waals surface area contributed by atoms with Gasteiger partial charge in [0.2, 0.25) is 0 Å². The van der Waals surface area contributed by atoms with Crippen LogP contribution < -0.4 is 4.74 Å². The third-order valence-electron chi connectivity index (χ3n) is 2.23. The van der Waals surface area contributed by atoms with Crippen molar-refractivity contribution in [2.45, 2.75) is 13.8 Å². The van der Waals surface area contributed by atoms with Gasteiger partial charge >= 0.3 is 0 Å². The van der Waals surface area contributed by atoms with E-state index in [1.807, 2.05) is 32.1 Å². The van der Waals surface area contributed by atoms with Crippen LogP contribution in [0.2, 0.25) is 0 Å². The maximum absolute atomic E-state index is 13.6. The lowest BCUT2D eigenvalue weighted by molar-refractivity contribution is 0.385. The van der Waals surface area contributed by atoms with Crippen molar-refractivity contribution < 1.29 is 9.13 Å². The van der Waals surface area contributed by atoms with Gasteiger partial charge in [0.1, 0.15) is 0 Å². The number of rotatable bonds is 3. The minimum absolute atomic E-state index is 0.240. The zero-order valence-corrected chi connectivity index (χ0v) is 10.0. The normalized spacial score (nSPS) is 12.2. The summed E-state index contributed by atoms with van der Waals surface area (Å²) in [6.07, 6.45) is 3.69. The third-order valence-corrected chi connectivity index (χ3v) is 2.23. The number of ether oxygens (including phenoxy) is 1. The highest BCUT2D eigenvalue weighted by Crippen LogP contribution is 2.25. The first-order chi connectivity index (χ1) is 7.63. The van der Waals surface area contributed by atoms with Gasteiger partial charge in [-0.05, 0) is 37.6 Å². The molecular formula is C13H16FNO. The molecule has 1 aromatic rings. The Bertz CT molecular complexity index is 436. The molecule has 0 aromatic heterocycles. The Balaban J connectivity index is 3.41. The van der Waals surface area contributed by atoms with Crippen molar-refractivity contribution in [2.75, 3.05) is 14.2 Å². The summed E-state index contributed by atoms with van der Waals surface area (Å²) in [6, 6.07) is 3.32. The minimum Gasteiger partial charge on any atom is -0.493 e. The van der Waals surface area contributed by atoms with E-state index in [2.05, 4.69) is 4.99 Å². The van der Waals surface area contributed by atoms with Gasteiger partial charge in [-0.25, -0.2) is 4.39 Å². The molecule has 0 atom stereocenters. The molecular weight excluding hydrogens is 205 g/mol. The molecule has 0 heterocycles. The molecule has 0 N–H and O–H groups in total. The smallest absolute Gasteiger partial charge is 0.166 e. The van der Waals surface area contributed by atoms with Crippen LogP contribution >= 0.6 is 0 Å². The highest BCUT2D eigenvalue weighted by atomic mass is 19.1. The molecule has 0 radical (unpaired) electrons. The largest absolute Gasteiger partial charge is 0.493 e. The Morgan fingerprint density at radius 2 is 2.12 bits per heavy atom. The van der Waals surface area contributed by atoms with E-state index in [0.29, 0.717) is 11.3 Å². The number of benzene rings is 1. The van der Waals surface area contributed by atoms with Crippen LogP contribution in [0.15, 0.2) is 29.3 Å². The molecule has 0 aliphatic heterocycles. The highest BCUT2D eigenvalue weighted by Gasteiger charge is 2.13. The maximum atomic E-state index is 13.6. The number of hydrogen-bond donors (Lipinski definition) is 0. The summed E-state index contributed by atoms with van der Waals surface area (Å²) in [5, 5.41) is 0. The molecule has 1 rings (SSSR count). The quantitative estimate of drug-likeness (QED) is 0.718. The van der Waals surface area contributed by atoms with Gasteiger partial charge in [0.05, 0.1) is 12.8 Å². The number of aryl methyl sites for hydroxylation is 1. The van der Waals surface area contributed by atoms with Crippen molar-refractivity contribution in [1.29, 1.82) is 0 Å². The third kappa shape index (κ3) is 2.48. The van der Waals surface area contributed by atoms with E-state index in [9.17, 15) is 4.39 Å². The summed E-state index contributed by atoms with van der Waals surface area (Å²) in [4.78, 5) is 4.12. The highest BCUT2D eigenvalue weighted by molar-refractivity contribution is 6.10. The molecule has 16 heavy (non-hydrogen) atoms. The van der Waals surface area contributed by atoms with E-state index in [1.165, 1.54) is 13.2 Å². The van der Waals surface area contributed by atoms with E-state index < -0.39 is 0 Å². The predicted molar refractivity (Wildman–Crippen MR) is 65.0 cm³/mol. The topological polar surface area (TPSA) is 21.6 Å². The van der Waals surface area contributed by atoms with Crippen molar-refractivity contribution in [3.63, 3.8) is 0 Å². The number of nitrogens with zero attached hydrogens (tertiary/aromatic N) is 1. The summed E-state index contributed by atoms with van der Waals surface area (Å²) < 4.78 is 18.7. The Morgan fingerprint density at radius 3 is 2.62 bits per heavy atom. The Kier molecular flexibility index (Phi) is 4.23. The van der Waals surface area contributed by atoms with E-state index in [-0.39, 0.29) is 11.6 Å². The SMILES string of the molecule is C/C=C\C(=NC)c1cc(C)cc(F)c1OC.